The normalized spacial score (nSPS) is 13.0. The molecule has 0 amide bonds. The fourth-order valence-electron chi connectivity index (χ4n) is 0.417. The van der Waals surface area contributed by atoms with Crippen molar-refractivity contribution in [2.24, 2.45) is 0 Å². The van der Waals surface area contributed by atoms with Crippen LogP contribution in [0.25, 0.3) is 0 Å². The van der Waals surface area contributed by atoms with Crippen LogP contribution in [0, 0.1) is 0 Å². The molecule has 0 aromatic carbocycles. The highest BCUT2D eigenvalue weighted by Gasteiger charge is 1.97. The van der Waals surface area contributed by atoms with Crippen molar-refractivity contribution < 1.29 is 9.94 Å². The Balaban J connectivity index is 2.95. The molecule has 0 aliphatic heterocycles. The third-order valence-corrected chi connectivity index (χ3v) is 1.09. The topological polar surface area (TPSA) is 41.5 Å². The highest BCUT2D eigenvalue weighted by atomic mass is 16.6. The first-order valence-corrected chi connectivity index (χ1v) is 3.44. The number of hydroxylamine groups is 1. The largest absolute Gasteiger partial charge is 0.392 e. The molecule has 0 aliphatic carbocycles. The number of hydrogen-bond donors (Lipinski definition) is 2. The van der Waals surface area contributed by atoms with Gasteiger partial charge >= 0.3 is 0 Å². The molecule has 0 spiro atoms. The van der Waals surface area contributed by atoms with Gasteiger partial charge in [-0.15, -0.1) is 6.58 Å². The van der Waals surface area contributed by atoms with Gasteiger partial charge in [-0.2, -0.15) is 5.48 Å². The summed E-state index contributed by atoms with van der Waals surface area (Å²) >= 11 is 0. The Morgan fingerprint density at radius 2 is 2.50 bits per heavy atom. The average Bonchev–Trinajstić information content (AvgIpc) is 1.98. The van der Waals surface area contributed by atoms with Gasteiger partial charge in [-0.25, -0.2) is 0 Å². The van der Waals surface area contributed by atoms with E-state index in [4.69, 9.17) is 9.94 Å². The van der Waals surface area contributed by atoms with Crippen LogP contribution in [0.1, 0.15) is 13.3 Å². The van der Waals surface area contributed by atoms with Crippen LogP contribution in [0.15, 0.2) is 12.7 Å². The molecule has 0 radical (unpaired) electrons. The van der Waals surface area contributed by atoms with Crippen molar-refractivity contribution in [3.63, 3.8) is 0 Å². The molecular weight excluding hydrogens is 130 g/mol. The van der Waals surface area contributed by atoms with Crippen LogP contribution in [0.3, 0.4) is 0 Å². The van der Waals surface area contributed by atoms with Crippen molar-refractivity contribution in [2.75, 3.05) is 13.2 Å². The highest BCUT2D eigenvalue weighted by molar-refractivity contribution is 4.63. The smallest absolute Gasteiger partial charge is 0.0861 e. The van der Waals surface area contributed by atoms with Crippen molar-refractivity contribution in [1.29, 1.82) is 0 Å². The van der Waals surface area contributed by atoms with Crippen molar-refractivity contribution in [1.82, 2.24) is 5.48 Å². The second-order valence-electron chi connectivity index (χ2n) is 2.01. The van der Waals surface area contributed by atoms with Crippen LogP contribution in [0.5, 0.6) is 0 Å². The summed E-state index contributed by atoms with van der Waals surface area (Å²) in [6, 6.07) is 0. The van der Waals surface area contributed by atoms with Crippen LogP contribution >= 0.6 is 0 Å². The fourth-order valence-corrected chi connectivity index (χ4v) is 0.417. The Labute approximate surface area is 61.7 Å². The molecule has 0 unspecified atom stereocenters. The lowest BCUT2D eigenvalue weighted by molar-refractivity contribution is 0.0291. The first-order chi connectivity index (χ1) is 4.81. The Morgan fingerprint density at radius 1 is 1.80 bits per heavy atom. The first-order valence-electron chi connectivity index (χ1n) is 3.44. The lowest BCUT2D eigenvalue weighted by Crippen LogP contribution is -2.26. The predicted molar refractivity (Wildman–Crippen MR) is 40.4 cm³/mol. The molecule has 0 fully saturated rings. The quantitative estimate of drug-likeness (QED) is 0.324. The molecule has 0 saturated carbocycles. The second kappa shape index (κ2) is 6.74. The van der Waals surface area contributed by atoms with Gasteiger partial charge in [0.05, 0.1) is 12.7 Å². The Kier molecular flexibility index (Phi) is 6.48. The number of rotatable bonds is 6. The summed E-state index contributed by atoms with van der Waals surface area (Å²) in [5.41, 5.74) is 2.62. The average molecular weight is 145 g/mol. The minimum absolute atomic E-state index is 0.315. The molecule has 0 aromatic heterocycles. The fraction of sp³-hybridized carbons (Fsp3) is 0.714. The molecule has 60 valence electrons. The van der Waals surface area contributed by atoms with Crippen molar-refractivity contribution in [3.05, 3.63) is 12.7 Å². The minimum Gasteiger partial charge on any atom is -0.392 e. The van der Waals surface area contributed by atoms with Crippen LogP contribution in [0.4, 0.5) is 0 Å². The van der Waals surface area contributed by atoms with Gasteiger partial charge in [-0.05, 0) is 6.42 Å². The molecule has 0 aliphatic rings. The zero-order valence-corrected chi connectivity index (χ0v) is 6.34. The van der Waals surface area contributed by atoms with E-state index in [9.17, 15) is 0 Å². The summed E-state index contributed by atoms with van der Waals surface area (Å²) in [5.74, 6) is 0. The van der Waals surface area contributed by atoms with Crippen LogP contribution < -0.4 is 5.48 Å². The Bertz CT molecular complexity index is 85.7. The van der Waals surface area contributed by atoms with E-state index < -0.39 is 0 Å². The lowest BCUT2D eigenvalue weighted by Gasteiger charge is -2.07. The van der Waals surface area contributed by atoms with E-state index >= 15 is 0 Å². The molecule has 0 saturated heterocycles. The standard InChI is InChI=1S/C7H15NO2/c1-3-5-10-8-6-7(9)4-2/h3,7-9H,1,4-6H2,2H3/t7-/m1/s1. The van der Waals surface area contributed by atoms with Gasteiger partial charge in [0.2, 0.25) is 0 Å². The van der Waals surface area contributed by atoms with Gasteiger partial charge in [0.25, 0.3) is 0 Å². The molecule has 0 heterocycles. The van der Waals surface area contributed by atoms with Crippen molar-refractivity contribution in [2.45, 2.75) is 19.4 Å². The maximum absolute atomic E-state index is 8.99. The maximum Gasteiger partial charge on any atom is 0.0861 e. The highest BCUT2D eigenvalue weighted by Crippen LogP contribution is 1.85. The lowest BCUT2D eigenvalue weighted by atomic mass is 10.3. The van der Waals surface area contributed by atoms with Crippen molar-refractivity contribution in [3.8, 4) is 0 Å². The monoisotopic (exact) mass is 145 g/mol. The number of hydrogen-bond acceptors (Lipinski definition) is 3. The van der Waals surface area contributed by atoms with E-state index in [1.165, 1.54) is 0 Å². The molecule has 10 heavy (non-hydrogen) atoms. The molecule has 0 rings (SSSR count). The summed E-state index contributed by atoms with van der Waals surface area (Å²) in [4.78, 5) is 4.83. The summed E-state index contributed by atoms with van der Waals surface area (Å²) < 4.78 is 0. The van der Waals surface area contributed by atoms with E-state index in [0.29, 0.717) is 13.2 Å². The zero-order chi connectivity index (χ0) is 7.82. The Hall–Kier alpha value is -0.380. The Morgan fingerprint density at radius 3 is 3.00 bits per heavy atom. The molecule has 0 bridgehead atoms. The van der Waals surface area contributed by atoms with Crippen LogP contribution in [-0.2, 0) is 4.84 Å². The van der Waals surface area contributed by atoms with Gasteiger partial charge in [0, 0.05) is 6.54 Å². The van der Waals surface area contributed by atoms with Gasteiger partial charge in [-0.3, -0.25) is 4.84 Å². The maximum atomic E-state index is 8.99. The van der Waals surface area contributed by atoms with Gasteiger partial charge < -0.3 is 5.11 Å². The van der Waals surface area contributed by atoms with Crippen LogP contribution in [-0.4, -0.2) is 24.4 Å². The number of aliphatic hydroxyl groups excluding tert-OH is 1. The molecule has 1 atom stereocenters. The second-order valence-corrected chi connectivity index (χ2v) is 2.01. The van der Waals surface area contributed by atoms with Gasteiger partial charge in [-0.1, -0.05) is 13.0 Å². The van der Waals surface area contributed by atoms with Crippen LogP contribution in [0.2, 0.25) is 0 Å². The summed E-state index contributed by atoms with van der Waals surface area (Å²) in [5, 5.41) is 8.99. The van der Waals surface area contributed by atoms with E-state index in [1.807, 2.05) is 6.92 Å². The van der Waals surface area contributed by atoms with Gasteiger partial charge in [0.1, 0.15) is 0 Å². The van der Waals surface area contributed by atoms with Crippen molar-refractivity contribution >= 4 is 0 Å². The summed E-state index contributed by atoms with van der Waals surface area (Å²) in [6.07, 6.45) is 2.07. The third-order valence-electron chi connectivity index (χ3n) is 1.09. The van der Waals surface area contributed by atoms with E-state index in [-0.39, 0.29) is 6.10 Å². The molecule has 0 aromatic rings. The third kappa shape index (κ3) is 5.75. The molecule has 3 heteroatoms. The SMILES string of the molecule is C=CCONC[C@H](O)CC. The molecule has 3 nitrogen and oxygen atoms in total. The molecule has 2 N–H and O–H groups in total. The summed E-state index contributed by atoms with van der Waals surface area (Å²) in [7, 11) is 0. The van der Waals surface area contributed by atoms with E-state index in [2.05, 4.69) is 12.1 Å². The number of aliphatic hydroxyl groups is 1. The summed E-state index contributed by atoms with van der Waals surface area (Å²) in [6.45, 7) is 6.33. The van der Waals surface area contributed by atoms with Gasteiger partial charge in [0.15, 0.2) is 0 Å². The van der Waals surface area contributed by atoms with E-state index in [1.54, 1.807) is 6.08 Å². The van der Waals surface area contributed by atoms with E-state index in [0.717, 1.165) is 6.42 Å². The molecular formula is C7H15NO2. The first kappa shape index (κ1) is 9.62. The number of nitrogens with one attached hydrogen (secondary N) is 1. The zero-order valence-electron chi connectivity index (χ0n) is 6.34. The minimum atomic E-state index is -0.315. The predicted octanol–water partition coefficient (Wildman–Crippen LogP) is 0.464.